The highest BCUT2D eigenvalue weighted by molar-refractivity contribution is 7.86. The molecule has 3 heterocycles. The summed E-state index contributed by atoms with van der Waals surface area (Å²) < 4.78 is 104. The van der Waals surface area contributed by atoms with Crippen LogP contribution in [-0.2, 0) is 23.3 Å². The average Bonchev–Trinajstić information content (AvgIpc) is 3.21. The summed E-state index contributed by atoms with van der Waals surface area (Å²) in [6, 6.07) is 14.0. The maximum Gasteiger partial charge on any atom is 0.522 e. The number of aromatic amines is 1. The third kappa shape index (κ3) is 6.02. The van der Waals surface area contributed by atoms with E-state index in [1.807, 2.05) is 18.2 Å². The summed E-state index contributed by atoms with van der Waals surface area (Å²) in [6.45, 7) is 0. The minimum Gasteiger partial charge on any atom is -0.481 e. The van der Waals surface area contributed by atoms with Crippen LogP contribution in [0.25, 0.3) is 44.3 Å². The molecule has 0 saturated heterocycles. The number of aryl methyl sites for hydroxylation is 1. The van der Waals surface area contributed by atoms with Crippen LogP contribution in [0.4, 0.5) is 26.3 Å². The molecule has 0 fully saturated rings. The van der Waals surface area contributed by atoms with Crippen molar-refractivity contribution >= 4 is 32.1 Å². The fourth-order valence-corrected chi connectivity index (χ4v) is 3.89. The van der Waals surface area contributed by atoms with Crippen LogP contribution < -0.4 is 10.4 Å². The molecule has 0 amide bonds. The number of nitrogens with zero attached hydrogens (tertiary/aromatic N) is 3. The van der Waals surface area contributed by atoms with Gasteiger partial charge in [-0.2, -0.15) is 34.8 Å². The number of imidazole rings is 1. The highest BCUT2D eigenvalue weighted by atomic mass is 32.2. The van der Waals surface area contributed by atoms with E-state index >= 15 is 0 Å². The number of aromatic nitrogens is 4. The zero-order valence-electron chi connectivity index (χ0n) is 20.9. The molecule has 0 atom stereocenters. The van der Waals surface area contributed by atoms with Crippen molar-refractivity contribution in [3.05, 3.63) is 76.8 Å². The van der Waals surface area contributed by atoms with Gasteiger partial charge in [0.15, 0.2) is 0 Å². The molecular formula is C25H18F6N4O5S. The zero-order valence-corrected chi connectivity index (χ0v) is 21.7. The van der Waals surface area contributed by atoms with Gasteiger partial charge in [-0.3, -0.25) is 9.12 Å². The molecule has 0 saturated carbocycles. The number of fused-ring (bicyclic) bond motifs is 3. The van der Waals surface area contributed by atoms with Crippen molar-refractivity contribution < 1.29 is 44.0 Å². The highest BCUT2D eigenvalue weighted by Crippen LogP contribution is 2.36. The second kappa shape index (κ2) is 10.5. The van der Waals surface area contributed by atoms with Crippen molar-refractivity contribution in [1.29, 1.82) is 0 Å². The first-order valence-corrected chi connectivity index (χ1v) is 12.7. The van der Waals surface area contributed by atoms with E-state index < -0.39 is 27.4 Å². The Hall–Kier alpha value is -4.44. The Kier molecular flexibility index (Phi) is 7.57. The second-order valence-corrected chi connectivity index (χ2v) is 9.91. The van der Waals surface area contributed by atoms with Crippen LogP contribution in [0.5, 0.6) is 5.88 Å². The maximum absolute atomic E-state index is 13.3. The van der Waals surface area contributed by atoms with Gasteiger partial charge in [0.1, 0.15) is 0 Å². The lowest BCUT2D eigenvalue weighted by atomic mass is 10.0. The van der Waals surface area contributed by atoms with Gasteiger partial charge in [-0.1, -0.05) is 18.2 Å². The highest BCUT2D eigenvalue weighted by Gasteiger charge is 2.44. The molecule has 3 aromatic heterocycles. The van der Waals surface area contributed by atoms with Gasteiger partial charge in [0.05, 0.1) is 34.9 Å². The molecule has 5 rings (SSSR count). The quantitative estimate of drug-likeness (QED) is 0.158. The molecule has 9 nitrogen and oxygen atoms in total. The summed E-state index contributed by atoms with van der Waals surface area (Å²) in [7, 11) is -2.75. The lowest BCUT2D eigenvalue weighted by Gasteiger charge is -2.12. The first-order chi connectivity index (χ1) is 19.0. The Labute approximate surface area is 226 Å². The minimum absolute atomic E-state index is 0.273. The van der Waals surface area contributed by atoms with Gasteiger partial charge in [-0.05, 0) is 35.9 Å². The summed E-state index contributed by atoms with van der Waals surface area (Å²) >= 11 is 0. The van der Waals surface area contributed by atoms with E-state index in [1.54, 1.807) is 31.4 Å². The van der Waals surface area contributed by atoms with Crippen LogP contribution in [0.15, 0.2) is 65.6 Å². The molecule has 0 bridgehead atoms. The number of hydrogen-bond acceptors (Lipinski definition) is 6. The number of rotatable bonds is 3. The molecule has 41 heavy (non-hydrogen) atoms. The van der Waals surface area contributed by atoms with E-state index in [0.717, 1.165) is 23.3 Å². The standard InChI is InChI=1S/C24H17F3N4O2.CHF3O3S/c1-31-22-20(14-4-3-5-16(10-14)24(25,26)27)29-18-8-6-13(11-17(18)21(22)30-23(31)32)15-7-9-19(33-2)28-12-15;2-1(3,4)8(5,6)7/h3-12H,1-2H3,(H,30,32);(H,5,6,7). The molecule has 0 aliphatic carbocycles. The molecule has 5 aromatic rings. The molecule has 16 heteroatoms. The molecule has 2 N–H and O–H groups in total. The Bertz CT molecular complexity index is 1910. The second-order valence-electron chi connectivity index (χ2n) is 8.49. The molecule has 0 aliphatic rings. The smallest absolute Gasteiger partial charge is 0.481 e. The molecule has 0 aliphatic heterocycles. The summed E-state index contributed by atoms with van der Waals surface area (Å²) in [4.78, 5) is 24.2. The first kappa shape index (κ1) is 29.5. The first-order valence-electron chi connectivity index (χ1n) is 11.3. The van der Waals surface area contributed by atoms with Gasteiger partial charge < -0.3 is 9.72 Å². The van der Waals surface area contributed by atoms with Gasteiger partial charge in [-0.25, -0.2) is 14.8 Å². The van der Waals surface area contributed by atoms with Crippen LogP contribution in [-0.4, -0.2) is 45.1 Å². The predicted molar refractivity (Wildman–Crippen MR) is 137 cm³/mol. The number of ether oxygens (including phenoxy) is 1. The number of hydrogen-bond donors (Lipinski definition) is 2. The fraction of sp³-hybridized carbons (Fsp3) is 0.160. The number of halogens is 6. The Morgan fingerprint density at radius 3 is 2.17 bits per heavy atom. The number of methoxy groups -OCH3 is 1. The average molecular weight is 600 g/mol. The van der Waals surface area contributed by atoms with E-state index in [4.69, 9.17) is 17.7 Å². The lowest BCUT2D eigenvalue weighted by Crippen LogP contribution is -2.21. The van der Waals surface area contributed by atoms with Gasteiger partial charge in [0.2, 0.25) is 5.88 Å². The molecule has 2 aromatic carbocycles. The third-order valence-corrected chi connectivity index (χ3v) is 6.45. The molecule has 216 valence electrons. The van der Waals surface area contributed by atoms with Crippen LogP contribution >= 0.6 is 0 Å². The van der Waals surface area contributed by atoms with Crippen molar-refractivity contribution in [2.24, 2.45) is 7.05 Å². The number of benzene rings is 2. The predicted octanol–water partition coefficient (Wildman–Crippen LogP) is 5.57. The van der Waals surface area contributed by atoms with E-state index in [2.05, 4.69) is 15.0 Å². The van der Waals surface area contributed by atoms with Crippen LogP contribution in [0.3, 0.4) is 0 Å². The number of alkyl halides is 6. The van der Waals surface area contributed by atoms with E-state index in [0.29, 0.717) is 33.5 Å². The summed E-state index contributed by atoms with van der Waals surface area (Å²) in [5.41, 5.74) is -2.97. The van der Waals surface area contributed by atoms with E-state index in [9.17, 15) is 31.1 Å². The zero-order chi connectivity index (χ0) is 30.3. The van der Waals surface area contributed by atoms with Crippen molar-refractivity contribution in [1.82, 2.24) is 19.5 Å². The molecule has 0 unspecified atom stereocenters. The van der Waals surface area contributed by atoms with Gasteiger partial charge in [0, 0.05) is 35.8 Å². The van der Waals surface area contributed by atoms with Crippen molar-refractivity contribution in [3.8, 4) is 28.3 Å². The topological polar surface area (TPSA) is 127 Å². The largest absolute Gasteiger partial charge is 0.522 e. The lowest BCUT2D eigenvalue weighted by molar-refractivity contribution is -0.137. The molecular weight excluding hydrogens is 582 g/mol. The Morgan fingerprint density at radius 1 is 0.951 bits per heavy atom. The van der Waals surface area contributed by atoms with Crippen LogP contribution in [0, 0.1) is 0 Å². The minimum atomic E-state index is -5.84. The van der Waals surface area contributed by atoms with E-state index in [1.165, 1.54) is 17.7 Å². The Balaban J connectivity index is 0.000000426. The summed E-state index contributed by atoms with van der Waals surface area (Å²) in [5, 5.41) is 0.673. The fourth-order valence-electron chi connectivity index (χ4n) is 3.89. The number of H-pyrrole nitrogens is 1. The normalized spacial score (nSPS) is 12.3. The Morgan fingerprint density at radius 2 is 1.61 bits per heavy atom. The number of pyridine rings is 2. The van der Waals surface area contributed by atoms with Gasteiger partial charge >= 0.3 is 27.5 Å². The molecule has 0 spiro atoms. The maximum atomic E-state index is 13.3. The van der Waals surface area contributed by atoms with Crippen LogP contribution in [0.2, 0.25) is 0 Å². The monoisotopic (exact) mass is 600 g/mol. The van der Waals surface area contributed by atoms with Crippen molar-refractivity contribution in [2.75, 3.05) is 7.11 Å². The van der Waals surface area contributed by atoms with Gasteiger partial charge in [-0.15, -0.1) is 0 Å². The van der Waals surface area contributed by atoms with Gasteiger partial charge in [0.25, 0.3) is 0 Å². The summed E-state index contributed by atoms with van der Waals surface area (Å²) in [6.07, 6.45) is -2.81. The SMILES string of the molecule is COc1ccc(-c2ccc3nc(-c4cccc(C(F)(F)F)c4)c4c([nH]c(=O)n4C)c3c2)cn1.O=S(=O)(O)C(F)(F)F. The summed E-state index contributed by atoms with van der Waals surface area (Å²) in [5.74, 6) is 0.488. The molecule has 0 radical (unpaired) electrons. The third-order valence-electron chi connectivity index (χ3n) is 5.87. The van der Waals surface area contributed by atoms with Crippen LogP contribution in [0.1, 0.15) is 5.56 Å². The number of nitrogens with one attached hydrogen (secondary N) is 1. The van der Waals surface area contributed by atoms with E-state index in [-0.39, 0.29) is 11.3 Å². The van der Waals surface area contributed by atoms with Crippen molar-refractivity contribution in [2.45, 2.75) is 11.7 Å². The van der Waals surface area contributed by atoms with Crippen molar-refractivity contribution in [3.63, 3.8) is 0 Å².